The van der Waals surface area contributed by atoms with E-state index in [1.54, 1.807) is 0 Å². The minimum Gasteiger partial charge on any atom is -0.470 e. The molecule has 2 heterocycles. The minimum atomic E-state index is -2.93. The molecule has 0 radical (unpaired) electrons. The Labute approximate surface area is 196 Å². The number of aromatic nitrogens is 1. The highest BCUT2D eigenvalue weighted by Crippen LogP contribution is 2.41. The highest BCUT2D eigenvalue weighted by Gasteiger charge is 2.51. The van der Waals surface area contributed by atoms with E-state index in [0.29, 0.717) is 34.6 Å². The molecule has 0 unspecified atom stereocenters. The first kappa shape index (κ1) is 25.1. The number of anilines is 2. The zero-order chi connectivity index (χ0) is 24.4. The maximum atomic E-state index is 12.4. The number of carbonyl (C=O) groups is 1. The summed E-state index contributed by atoms with van der Waals surface area (Å²) in [5.74, 6) is 0.335. The molecular formula is C22H27BF2N2O5S. The Morgan fingerprint density at radius 3 is 2.33 bits per heavy atom. The van der Waals surface area contributed by atoms with E-state index in [-0.39, 0.29) is 5.75 Å². The smallest absolute Gasteiger partial charge is 0.470 e. The Bertz CT molecular complexity index is 995. The predicted octanol–water partition coefficient (Wildman–Crippen LogP) is 5.47. The van der Waals surface area contributed by atoms with Gasteiger partial charge in [-0.1, -0.05) is 11.3 Å². The average Bonchev–Trinajstić information content (AvgIpc) is 3.20. The van der Waals surface area contributed by atoms with Crippen molar-refractivity contribution in [1.29, 1.82) is 0 Å². The first-order valence-electron chi connectivity index (χ1n) is 10.4. The standard InChI is InChI=1S/C22H27BF2N2O5S/c1-7-29-20-26-18(27(13-28)15-8-10-16(11-9-15)30-19(24)25)17(33-20)12-14(2)23-31-21(3,4)22(5,6)32-23/h8-13,19H,7H2,1-6H3/b14-12+. The number of halogens is 2. The van der Waals surface area contributed by atoms with Crippen molar-refractivity contribution in [2.45, 2.75) is 59.4 Å². The zero-order valence-electron chi connectivity index (χ0n) is 19.4. The number of amides is 1. The molecular weight excluding hydrogens is 453 g/mol. The van der Waals surface area contributed by atoms with E-state index in [0.717, 1.165) is 5.47 Å². The average molecular weight is 480 g/mol. The Morgan fingerprint density at radius 2 is 1.82 bits per heavy atom. The van der Waals surface area contributed by atoms with Crippen LogP contribution in [0.1, 0.15) is 46.4 Å². The third-order valence-electron chi connectivity index (χ3n) is 5.54. The highest BCUT2D eigenvalue weighted by atomic mass is 32.1. The van der Waals surface area contributed by atoms with E-state index in [4.69, 9.17) is 14.0 Å². The van der Waals surface area contributed by atoms with Gasteiger partial charge < -0.3 is 18.8 Å². The van der Waals surface area contributed by atoms with Gasteiger partial charge in [0.25, 0.3) is 5.19 Å². The molecule has 1 aromatic carbocycles. The number of nitrogens with zero attached hydrogens (tertiary/aromatic N) is 2. The summed E-state index contributed by atoms with van der Waals surface area (Å²) in [5.41, 5.74) is 0.254. The molecule has 1 amide bonds. The number of hydrogen-bond acceptors (Lipinski definition) is 7. The largest absolute Gasteiger partial charge is 0.490 e. The molecule has 178 valence electrons. The van der Waals surface area contributed by atoms with E-state index in [1.807, 2.05) is 47.6 Å². The summed E-state index contributed by atoms with van der Waals surface area (Å²) in [4.78, 5) is 18.5. The molecule has 1 saturated heterocycles. The van der Waals surface area contributed by atoms with Crippen LogP contribution in [0.4, 0.5) is 20.3 Å². The minimum absolute atomic E-state index is 0.00962. The Balaban J connectivity index is 1.95. The van der Waals surface area contributed by atoms with Gasteiger partial charge in [-0.25, -0.2) is 0 Å². The van der Waals surface area contributed by atoms with Crippen LogP contribution in [0.2, 0.25) is 0 Å². The third kappa shape index (κ3) is 5.53. The van der Waals surface area contributed by atoms with Crippen LogP contribution in [-0.4, -0.2) is 42.9 Å². The lowest BCUT2D eigenvalue weighted by Gasteiger charge is -2.32. The second kappa shape index (κ2) is 9.78. The van der Waals surface area contributed by atoms with Crippen LogP contribution in [-0.2, 0) is 14.1 Å². The lowest BCUT2D eigenvalue weighted by molar-refractivity contribution is -0.106. The molecule has 0 saturated carbocycles. The van der Waals surface area contributed by atoms with Crippen molar-refractivity contribution in [1.82, 2.24) is 4.98 Å². The number of hydrogen-bond donors (Lipinski definition) is 0. The van der Waals surface area contributed by atoms with Crippen molar-refractivity contribution < 1.29 is 32.4 Å². The second-order valence-corrected chi connectivity index (χ2v) is 9.42. The SMILES string of the molecule is CCOc1nc(N(C=O)c2ccc(OC(F)F)cc2)c(/C=C(\C)B2OC(C)(C)C(C)(C)O2)s1. The van der Waals surface area contributed by atoms with Crippen molar-refractivity contribution in [2.24, 2.45) is 0 Å². The van der Waals surface area contributed by atoms with Crippen molar-refractivity contribution in [3.8, 4) is 10.9 Å². The molecule has 1 aromatic heterocycles. The Kier molecular flexibility index (Phi) is 7.45. The third-order valence-corrected chi connectivity index (χ3v) is 6.44. The summed E-state index contributed by atoms with van der Waals surface area (Å²) in [7, 11) is -0.559. The maximum absolute atomic E-state index is 12.4. The molecule has 3 rings (SSSR count). The van der Waals surface area contributed by atoms with Crippen LogP contribution in [0.25, 0.3) is 6.08 Å². The molecule has 0 N–H and O–H groups in total. The monoisotopic (exact) mass is 480 g/mol. The molecule has 1 fully saturated rings. The number of carbonyl (C=O) groups excluding carboxylic acids is 1. The van der Waals surface area contributed by atoms with Crippen LogP contribution in [0.15, 0.2) is 29.7 Å². The topological polar surface area (TPSA) is 70.1 Å². The Morgan fingerprint density at radius 1 is 1.21 bits per heavy atom. The van der Waals surface area contributed by atoms with Crippen molar-refractivity contribution >= 4 is 42.4 Å². The number of benzene rings is 1. The molecule has 7 nitrogen and oxygen atoms in total. The normalized spacial score (nSPS) is 17.4. The summed E-state index contributed by atoms with van der Waals surface area (Å²) in [6.07, 6.45) is 2.46. The van der Waals surface area contributed by atoms with Gasteiger partial charge in [-0.2, -0.15) is 13.8 Å². The number of allylic oxidation sites excluding steroid dienone is 1. The van der Waals surface area contributed by atoms with Crippen LogP contribution in [0.3, 0.4) is 0 Å². The fourth-order valence-electron chi connectivity index (χ4n) is 3.08. The molecule has 11 heteroatoms. The van der Waals surface area contributed by atoms with E-state index >= 15 is 0 Å². The highest BCUT2D eigenvalue weighted by molar-refractivity contribution is 7.14. The van der Waals surface area contributed by atoms with Gasteiger partial charge in [-0.15, -0.1) is 0 Å². The van der Waals surface area contributed by atoms with Crippen molar-refractivity contribution in [2.75, 3.05) is 11.5 Å². The number of rotatable bonds is 9. The summed E-state index contributed by atoms with van der Waals surface area (Å²) in [6.45, 7) is 9.09. The van der Waals surface area contributed by atoms with Crippen molar-refractivity contribution in [3.05, 3.63) is 34.6 Å². The van der Waals surface area contributed by atoms with Crippen LogP contribution in [0, 0.1) is 0 Å². The predicted molar refractivity (Wildman–Crippen MR) is 124 cm³/mol. The molecule has 0 aliphatic carbocycles. The van der Waals surface area contributed by atoms with Crippen LogP contribution in [0.5, 0.6) is 10.9 Å². The van der Waals surface area contributed by atoms with Crippen LogP contribution < -0.4 is 14.4 Å². The molecule has 2 aromatic rings. The first-order chi connectivity index (χ1) is 15.5. The zero-order valence-corrected chi connectivity index (χ0v) is 20.2. The lowest BCUT2D eigenvalue weighted by atomic mass is 9.79. The molecule has 0 spiro atoms. The fourth-order valence-corrected chi connectivity index (χ4v) is 4.06. The van der Waals surface area contributed by atoms with Crippen LogP contribution >= 0.6 is 11.3 Å². The van der Waals surface area contributed by atoms with Gasteiger partial charge in [-0.3, -0.25) is 9.69 Å². The maximum Gasteiger partial charge on any atom is 0.490 e. The van der Waals surface area contributed by atoms with Gasteiger partial charge in [0.2, 0.25) is 6.41 Å². The van der Waals surface area contributed by atoms with E-state index in [2.05, 4.69) is 9.72 Å². The number of alkyl halides is 2. The molecule has 33 heavy (non-hydrogen) atoms. The van der Waals surface area contributed by atoms with Gasteiger partial charge in [0.05, 0.1) is 28.4 Å². The van der Waals surface area contributed by atoms with Gasteiger partial charge in [0.1, 0.15) is 5.75 Å². The number of thiazole rings is 1. The molecule has 0 bridgehead atoms. The lowest BCUT2D eigenvalue weighted by Crippen LogP contribution is -2.41. The first-order valence-corrected chi connectivity index (χ1v) is 11.3. The van der Waals surface area contributed by atoms with Crippen molar-refractivity contribution in [3.63, 3.8) is 0 Å². The summed E-state index contributed by atoms with van der Waals surface area (Å²) in [5, 5.41) is 0.393. The van der Waals surface area contributed by atoms with Gasteiger partial charge in [0.15, 0.2) is 5.82 Å². The van der Waals surface area contributed by atoms with E-state index in [1.165, 1.54) is 40.5 Å². The molecule has 1 aliphatic heterocycles. The molecule has 0 atom stereocenters. The van der Waals surface area contributed by atoms with Gasteiger partial charge in [-0.05, 0) is 77.4 Å². The number of ether oxygens (including phenoxy) is 2. The van der Waals surface area contributed by atoms with E-state index < -0.39 is 24.9 Å². The quantitative estimate of drug-likeness (QED) is 0.350. The van der Waals surface area contributed by atoms with E-state index in [9.17, 15) is 13.6 Å². The summed E-state index contributed by atoms with van der Waals surface area (Å²) in [6, 6.07) is 5.72. The fraction of sp³-hybridized carbons (Fsp3) is 0.455. The summed E-state index contributed by atoms with van der Waals surface area (Å²) >= 11 is 1.28. The second-order valence-electron chi connectivity index (χ2n) is 8.43. The van der Waals surface area contributed by atoms with Gasteiger partial charge >= 0.3 is 13.7 Å². The summed E-state index contributed by atoms with van der Waals surface area (Å²) < 4.78 is 47.1. The molecule has 1 aliphatic rings. The van der Waals surface area contributed by atoms with Gasteiger partial charge in [0, 0.05) is 0 Å². The Hall–Kier alpha value is -2.50.